The molecule has 12 nitrogen and oxygen atoms in total. The van der Waals surface area contributed by atoms with Crippen LogP contribution in [0.5, 0.6) is 0 Å². The number of cyclic esters (lactones) is 2. The standard InChI is InChI=1S/2C25H38O6/c1-6-25(4,5)24(29)31-21-10-14(2)9-16-11-20(27)15(3)19(23(16)21)8-7-18-12-17(26)13-22(28)30-18;1-6-24(3,4)23(28)31-20-14-25(5,29)13-16-8-7-15(2)19(22(16)20)10-9-18-11-17(26)12-21(27)30-18/h9,11,14-15,17-19,21,23,26-27H,6-8,10,12-13H2,1-5H3;7-8,13,15,17-20,22,26,29H,6,9-12,14H2,1-5H3/t14-,15+,17+,18-,19-,21-,23-;15-,17+,18-,19-,20-,22-,25+/m11/s1. The van der Waals surface area contributed by atoms with Gasteiger partial charge in [-0.15, -0.1) is 0 Å². The Balaban J connectivity index is 0.000000234. The molecule has 2 saturated heterocycles. The number of aliphatic hydroxyl groups is 4. The Labute approximate surface area is 369 Å². The molecule has 4 N–H and O–H groups in total. The van der Waals surface area contributed by atoms with Crippen LogP contribution < -0.4 is 0 Å². The van der Waals surface area contributed by atoms with E-state index in [2.05, 4.69) is 32.1 Å². The zero-order chi connectivity index (χ0) is 45.9. The van der Waals surface area contributed by atoms with Crippen molar-refractivity contribution in [2.24, 2.45) is 52.3 Å². The topological polar surface area (TPSA) is 186 Å². The molecule has 2 aliphatic heterocycles. The number of esters is 4. The lowest BCUT2D eigenvalue weighted by Gasteiger charge is -2.45. The number of aliphatic hydroxyl groups excluding tert-OH is 3. The smallest absolute Gasteiger partial charge is 0.311 e. The summed E-state index contributed by atoms with van der Waals surface area (Å²) in [4.78, 5) is 49.2. The number of allylic oxidation sites excluding steroid dienone is 5. The quantitative estimate of drug-likeness (QED) is 0.109. The maximum Gasteiger partial charge on any atom is 0.311 e. The lowest BCUT2D eigenvalue weighted by molar-refractivity contribution is -0.168. The lowest BCUT2D eigenvalue weighted by Crippen LogP contribution is -2.47. The molecule has 0 amide bonds. The number of ether oxygens (including phenoxy) is 4. The summed E-state index contributed by atoms with van der Waals surface area (Å²) in [6.45, 7) is 19.6. The van der Waals surface area contributed by atoms with Gasteiger partial charge in [-0.25, -0.2) is 0 Å². The molecule has 0 spiro atoms. The minimum absolute atomic E-state index is 0.00271. The van der Waals surface area contributed by atoms with Crippen LogP contribution in [0.3, 0.4) is 0 Å². The normalized spacial score (nSPS) is 37.1. The second kappa shape index (κ2) is 20.1. The predicted octanol–water partition coefficient (Wildman–Crippen LogP) is 8.17. The zero-order valence-electron chi connectivity index (χ0n) is 38.9. The van der Waals surface area contributed by atoms with E-state index < -0.39 is 34.7 Å². The van der Waals surface area contributed by atoms with Crippen LogP contribution in [0.15, 0.2) is 47.3 Å². The van der Waals surface area contributed by atoms with E-state index in [1.54, 1.807) is 6.92 Å². The van der Waals surface area contributed by atoms with Crippen LogP contribution in [-0.2, 0) is 38.1 Å². The Kier molecular flexibility index (Phi) is 16.1. The SMILES string of the molecule is CCC(C)(C)C(=O)O[C@@H]1C[C@@](C)(O)C=C2C=C[C@@H](C)[C@@H](CC[C@@H]3C[C@H](O)CC(=O)O3)[C@@H]21.CCC(C)(C)C(=O)O[C@@H]1C[C@H](C)C=C2C=C(O)[C@@H](C)[C@@H](CC[C@@H]3C[C@H](O)CC(=O)O3)[C@@H]21. The molecule has 0 unspecified atom stereocenters. The molecule has 0 aromatic carbocycles. The van der Waals surface area contributed by atoms with Gasteiger partial charge in [-0.3, -0.25) is 19.2 Å². The minimum atomic E-state index is -1.04. The fraction of sp³-hybridized carbons (Fsp3) is 0.760. The first-order chi connectivity index (χ1) is 28.9. The summed E-state index contributed by atoms with van der Waals surface area (Å²) in [7, 11) is 0. The highest BCUT2D eigenvalue weighted by molar-refractivity contribution is 5.76. The van der Waals surface area contributed by atoms with E-state index in [1.165, 1.54) is 0 Å². The molecule has 14 atom stereocenters. The van der Waals surface area contributed by atoms with Gasteiger partial charge in [0, 0.05) is 37.0 Å². The van der Waals surface area contributed by atoms with Crippen molar-refractivity contribution in [1.82, 2.24) is 0 Å². The first-order valence-electron chi connectivity index (χ1n) is 23.4. The Morgan fingerprint density at radius 3 is 1.79 bits per heavy atom. The molecule has 348 valence electrons. The summed E-state index contributed by atoms with van der Waals surface area (Å²) in [5, 5.41) is 41.3. The van der Waals surface area contributed by atoms with E-state index >= 15 is 0 Å². The van der Waals surface area contributed by atoms with Gasteiger partial charge in [0.15, 0.2) is 0 Å². The summed E-state index contributed by atoms with van der Waals surface area (Å²) in [5.41, 5.74) is -0.110. The third-order valence-corrected chi connectivity index (χ3v) is 14.9. The van der Waals surface area contributed by atoms with Crippen molar-refractivity contribution in [3.8, 4) is 0 Å². The number of hydrogen-bond donors (Lipinski definition) is 4. The summed E-state index contributed by atoms with van der Waals surface area (Å²) < 4.78 is 23.1. The van der Waals surface area contributed by atoms with Crippen molar-refractivity contribution in [3.63, 3.8) is 0 Å². The molecular formula is C50H76O12. The molecule has 2 heterocycles. The third-order valence-electron chi connectivity index (χ3n) is 14.9. The van der Waals surface area contributed by atoms with Gasteiger partial charge in [0.25, 0.3) is 0 Å². The van der Waals surface area contributed by atoms with Gasteiger partial charge < -0.3 is 39.4 Å². The second-order valence-electron chi connectivity index (χ2n) is 21.0. The lowest BCUT2D eigenvalue weighted by atomic mass is 9.64. The number of fused-ring (bicyclic) bond motifs is 2. The summed E-state index contributed by atoms with van der Waals surface area (Å²) >= 11 is 0. The molecular weight excluding hydrogens is 793 g/mol. The molecule has 2 fully saturated rings. The van der Waals surface area contributed by atoms with Crippen molar-refractivity contribution in [2.75, 3.05) is 0 Å². The first-order valence-corrected chi connectivity index (χ1v) is 23.4. The maximum atomic E-state index is 12.9. The van der Waals surface area contributed by atoms with Gasteiger partial charge in [-0.2, -0.15) is 0 Å². The van der Waals surface area contributed by atoms with Crippen molar-refractivity contribution >= 4 is 23.9 Å². The first kappa shape index (κ1) is 49.5. The van der Waals surface area contributed by atoms with Crippen LogP contribution in [0.25, 0.3) is 0 Å². The number of carbonyl (C=O) groups excluding carboxylic acids is 4. The van der Waals surface area contributed by atoms with E-state index in [0.29, 0.717) is 57.1 Å². The van der Waals surface area contributed by atoms with Crippen molar-refractivity contribution in [2.45, 2.75) is 189 Å². The fourth-order valence-corrected chi connectivity index (χ4v) is 10.2. The molecule has 12 heteroatoms. The molecule has 0 aromatic heterocycles. The summed E-state index contributed by atoms with van der Waals surface area (Å²) in [5.74, 6) is -0.101. The molecule has 0 aromatic rings. The molecule has 6 rings (SSSR count). The van der Waals surface area contributed by atoms with Gasteiger partial charge >= 0.3 is 23.9 Å². The average molecular weight is 869 g/mol. The van der Waals surface area contributed by atoms with Gasteiger partial charge in [0.2, 0.25) is 0 Å². The van der Waals surface area contributed by atoms with Crippen molar-refractivity contribution < 1.29 is 58.6 Å². The molecule has 6 aliphatic rings. The minimum Gasteiger partial charge on any atom is -0.512 e. The largest absolute Gasteiger partial charge is 0.512 e. The van der Waals surface area contributed by atoms with Crippen molar-refractivity contribution in [1.29, 1.82) is 0 Å². The van der Waals surface area contributed by atoms with Crippen LogP contribution in [0, 0.1) is 52.3 Å². The average Bonchev–Trinajstić information content (AvgIpc) is 3.17. The summed E-state index contributed by atoms with van der Waals surface area (Å²) in [6.07, 6.45) is 13.9. The van der Waals surface area contributed by atoms with Gasteiger partial charge in [0.1, 0.15) is 24.4 Å². The van der Waals surface area contributed by atoms with Crippen LogP contribution in [0.1, 0.15) is 146 Å². The Morgan fingerprint density at radius 2 is 1.27 bits per heavy atom. The van der Waals surface area contributed by atoms with Gasteiger partial charge in [-0.1, -0.05) is 52.8 Å². The van der Waals surface area contributed by atoms with Crippen LogP contribution in [0.4, 0.5) is 0 Å². The van der Waals surface area contributed by atoms with E-state index in [0.717, 1.165) is 24.0 Å². The predicted molar refractivity (Wildman–Crippen MR) is 234 cm³/mol. The zero-order valence-corrected chi connectivity index (χ0v) is 38.9. The highest BCUT2D eigenvalue weighted by Crippen LogP contribution is 2.49. The Morgan fingerprint density at radius 1 is 0.774 bits per heavy atom. The van der Waals surface area contributed by atoms with E-state index in [9.17, 15) is 39.6 Å². The molecule has 0 bridgehead atoms. The summed E-state index contributed by atoms with van der Waals surface area (Å²) in [6, 6.07) is 0. The third kappa shape index (κ3) is 12.2. The van der Waals surface area contributed by atoms with Crippen LogP contribution >= 0.6 is 0 Å². The monoisotopic (exact) mass is 869 g/mol. The second-order valence-corrected chi connectivity index (χ2v) is 21.0. The van der Waals surface area contributed by atoms with E-state index in [4.69, 9.17) is 18.9 Å². The number of rotatable bonds is 12. The molecule has 4 aliphatic carbocycles. The van der Waals surface area contributed by atoms with E-state index in [1.807, 2.05) is 60.6 Å². The fourth-order valence-electron chi connectivity index (χ4n) is 10.2. The van der Waals surface area contributed by atoms with Gasteiger partial charge in [-0.05, 0) is 127 Å². The maximum absolute atomic E-state index is 12.9. The molecule has 62 heavy (non-hydrogen) atoms. The molecule has 0 saturated carbocycles. The van der Waals surface area contributed by atoms with Crippen LogP contribution in [-0.4, -0.2) is 86.5 Å². The highest BCUT2D eigenvalue weighted by atomic mass is 16.6. The van der Waals surface area contributed by atoms with Crippen molar-refractivity contribution in [3.05, 3.63) is 47.3 Å². The van der Waals surface area contributed by atoms with Crippen LogP contribution in [0.2, 0.25) is 0 Å². The highest BCUT2D eigenvalue weighted by Gasteiger charge is 2.48. The Bertz CT molecular complexity index is 1750. The molecule has 0 radical (unpaired) electrons. The number of hydrogen-bond acceptors (Lipinski definition) is 12. The van der Waals surface area contributed by atoms with E-state index in [-0.39, 0.29) is 96.5 Å². The number of carbonyl (C=O) groups is 4. The Hall–Kier alpha value is -3.48. The van der Waals surface area contributed by atoms with Gasteiger partial charge in [0.05, 0.1) is 47.2 Å².